The molecular formula is C6H13N2O. The molecule has 0 fully saturated rings. The van der Waals surface area contributed by atoms with Crippen molar-refractivity contribution in [2.24, 2.45) is 0 Å². The van der Waals surface area contributed by atoms with Gasteiger partial charge in [-0.3, -0.25) is 4.79 Å². The van der Waals surface area contributed by atoms with E-state index >= 15 is 0 Å². The molecule has 0 aliphatic carbocycles. The van der Waals surface area contributed by atoms with Gasteiger partial charge in [-0.2, -0.15) is 0 Å². The molecule has 1 radical (unpaired) electrons. The SMILES string of the molecule is CC[N]C(C)NC(C)=O. The first-order chi connectivity index (χ1) is 4.16. The van der Waals surface area contributed by atoms with E-state index < -0.39 is 0 Å². The van der Waals surface area contributed by atoms with Crippen molar-refractivity contribution < 1.29 is 4.79 Å². The van der Waals surface area contributed by atoms with Crippen LogP contribution >= 0.6 is 0 Å². The Balaban J connectivity index is 3.26. The first-order valence-electron chi connectivity index (χ1n) is 3.10. The zero-order valence-electron chi connectivity index (χ0n) is 6.14. The number of carbonyl (C=O) groups excluding carboxylic acids is 1. The molecular weight excluding hydrogens is 116 g/mol. The maximum atomic E-state index is 10.4. The Morgan fingerprint density at radius 1 is 1.78 bits per heavy atom. The van der Waals surface area contributed by atoms with Gasteiger partial charge in [-0.25, -0.2) is 5.32 Å². The van der Waals surface area contributed by atoms with E-state index in [0.29, 0.717) is 0 Å². The first kappa shape index (κ1) is 8.43. The summed E-state index contributed by atoms with van der Waals surface area (Å²) in [4.78, 5) is 10.4. The molecule has 0 saturated carbocycles. The first-order valence-corrected chi connectivity index (χ1v) is 3.10. The van der Waals surface area contributed by atoms with Gasteiger partial charge < -0.3 is 5.32 Å². The van der Waals surface area contributed by atoms with Crippen LogP contribution in [0.4, 0.5) is 0 Å². The molecule has 0 aliphatic rings. The number of carbonyl (C=O) groups is 1. The molecule has 1 atom stereocenters. The lowest BCUT2D eigenvalue weighted by atomic mass is 10.5. The smallest absolute Gasteiger partial charge is 0.218 e. The zero-order valence-corrected chi connectivity index (χ0v) is 6.14. The molecule has 0 saturated heterocycles. The lowest BCUT2D eigenvalue weighted by molar-refractivity contribution is -0.119. The van der Waals surface area contributed by atoms with E-state index in [-0.39, 0.29) is 12.1 Å². The van der Waals surface area contributed by atoms with Crippen LogP contribution < -0.4 is 10.6 Å². The molecule has 0 aromatic carbocycles. The molecule has 9 heavy (non-hydrogen) atoms. The summed E-state index contributed by atoms with van der Waals surface area (Å²) in [5.74, 6) is -0.0281. The highest BCUT2D eigenvalue weighted by molar-refractivity contribution is 5.73. The summed E-state index contributed by atoms with van der Waals surface area (Å²) in [6.45, 7) is 6.03. The molecule has 3 nitrogen and oxygen atoms in total. The minimum Gasteiger partial charge on any atom is -0.340 e. The van der Waals surface area contributed by atoms with Crippen molar-refractivity contribution in [1.29, 1.82) is 0 Å². The summed E-state index contributed by atoms with van der Waals surface area (Å²) in [7, 11) is 0. The fraction of sp³-hybridized carbons (Fsp3) is 0.833. The number of rotatable bonds is 3. The van der Waals surface area contributed by atoms with Gasteiger partial charge in [0.05, 0.1) is 6.17 Å². The average molecular weight is 129 g/mol. The van der Waals surface area contributed by atoms with E-state index in [4.69, 9.17) is 0 Å². The summed E-state index contributed by atoms with van der Waals surface area (Å²) >= 11 is 0. The molecule has 1 unspecified atom stereocenters. The third-order valence-corrected chi connectivity index (χ3v) is 0.869. The lowest BCUT2D eigenvalue weighted by Crippen LogP contribution is -2.37. The Bertz CT molecular complexity index is 93.1. The zero-order chi connectivity index (χ0) is 7.28. The van der Waals surface area contributed by atoms with Gasteiger partial charge in [0, 0.05) is 13.5 Å². The Hall–Kier alpha value is -0.570. The second kappa shape index (κ2) is 4.32. The van der Waals surface area contributed by atoms with Crippen LogP contribution in [0.1, 0.15) is 20.8 Å². The van der Waals surface area contributed by atoms with E-state index in [1.54, 1.807) is 0 Å². The topological polar surface area (TPSA) is 43.2 Å². The largest absolute Gasteiger partial charge is 0.340 e. The highest BCUT2D eigenvalue weighted by atomic mass is 16.1. The van der Waals surface area contributed by atoms with E-state index in [1.807, 2.05) is 13.8 Å². The van der Waals surface area contributed by atoms with Gasteiger partial charge in [-0.1, -0.05) is 6.92 Å². The summed E-state index contributed by atoms with van der Waals surface area (Å²) in [6, 6.07) is 0. The van der Waals surface area contributed by atoms with Gasteiger partial charge in [-0.05, 0) is 6.92 Å². The average Bonchev–Trinajstić information content (AvgIpc) is 1.63. The van der Waals surface area contributed by atoms with Crippen molar-refractivity contribution >= 4 is 5.91 Å². The van der Waals surface area contributed by atoms with Crippen LogP contribution in [0.2, 0.25) is 0 Å². The number of hydrogen-bond donors (Lipinski definition) is 1. The molecule has 3 heteroatoms. The number of amides is 1. The minimum absolute atomic E-state index is 0.0281. The Kier molecular flexibility index (Phi) is 4.05. The van der Waals surface area contributed by atoms with Gasteiger partial charge in [0.2, 0.25) is 5.91 Å². The predicted octanol–water partition coefficient (Wildman–Crippen LogP) is 0.0928. The normalized spacial score (nSPS) is 12.8. The van der Waals surface area contributed by atoms with Crippen molar-refractivity contribution in [3.63, 3.8) is 0 Å². The number of hydrogen-bond acceptors (Lipinski definition) is 1. The predicted molar refractivity (Wildman–Crippen MR) is 36.0 cm³/mol. The van der Waals surface area contributed by atoms with Crippen molar-refractivity contribution in [2.75, 3.05) is 6.54 Å². The summed E-state index contributed by atoms with van der Waals surface area (Å²) in [5, 5.41) is 6.67. The van der Waals surface area contributed by atoms with Gasteiger partial charge in [0.1, 0.15) is 0 Å². The second-order valence-electron chi connectivity index (χ2n) is 1.88. The van der Waals surface area contributed by atoms with Crippen LogP contribution in [0.3, 0.4) is 0 Å². The Labute approximate surface area is 55.8 Å². The lowest BCUT2D eigenvalue weighted by Gasteiger charge is -2.09. The molecule has 0 spiro atoms. The van der Waals surface area contributed by atoms with Gasteiger partial charge in [-0.15, -0.1) is 0 Å². The van der Waals surface area contributed by atoms with E-state index in [2.05, 4.69) is 10.6 Å². The van der Waals surface area contributed by atoms with Crippen LogP contribution in [-0.4, -0.2) is 18.6 Å². The van der Waals surface area contributed by atoms with Crippen molar-refractivity contribution in [2.45, 2.75) is 26.9 Å². The van der Waals surface area contributed by atoms with Crippen molar-refractivity contribution in [1.82, 2.24) is 10.6 Å². The summed E-state index contributed by atoms with van der Waals surface area (Å²) in [6.07, 6.45) is -0.0347. The van der Waals surface area contributed by atoms with Crippen LogP contribution in [0.5, 0.6) is 0 Å². The molecule has 1 N–H and O–H groups in total. The highest BCUT2D eigenvalue weighted by Crippen LogP contribution is 1.75. The molecule has 1 amide bonds. The van der Waals surface area contributed by atoms with Gasteiger partial charge >= 0.3 is 0 Å². The van der Waals surface area contributed by atoms with Crippen LogP contribution in [0, 0.1) is 0 Å². The van der Waals surface area contributed by atoms with Gasteiger partial charge in [0.15, 0.2) is 0 Å². The van der Waals surface area contributed by atoms with Crippen LogP contribution in [-0.2, 0) is 4.79 Å². The van der Waals surface area contributed by atoms with Gasteiger partial charge in [0.25, 0.3) is 0 Å². The fourth-order valence-corrected chi connectivity index (χ4v) is 0.614. The Morgan fingerprint density at radius 3 is 2.67 bits per heavy atom. The summed E-state index contributed by atoms with van der Waals surface area (Å²) < 4.78 is 0. The van der Waals surface area contributed by atoms with E-state index in [9.17, 15) is 4.79 Å². The van der Waals surface area contributed by atoms with Crippen LogP contribution in [0.15, 0.2) is 0 Å². The number of nitrogens with zero attached hydrogens (tertiary/aromatic N) is 1. The monoisotopic (exact) mass is 129 g/mol. The fourth-order valence-electron chi connectivity index (χ4n) is 0.614. The molecule has 0 aliphatic heterocycles. The van der Waals surface area contributed by atoms with E-state index in [0.717, 1.165) is 6.54 Å². The molecule has 0 aromatic rings. The maximum Gasteiger partial charge on any atom is 0.218 e. The third-order valence-electron chi connectivity index (χ3n) is 0.869. The molecule has 53 valence electrons. The summed E-state index contributed by atoms with van der Waals surface area (Å²) in [5.41, 5.74) is 0. The standard InChI is InChI=1S/C6H13N2O/c1-4-7-5(2)8-6(3)9/h5H,4H2,1-3H3,(H,8,9). The van der Waals surface area contributed by atoms with Crippen LogP contribution in [0.25, 0.3) is 0 Å². The second-order valence-corrected chi connectivity index (χ2v) is 1.88. The van der Waals surface area contributed by atoms with Crippen molar-refractivity contribution in [3.8, 4) is 0 Å². The van der Waals surface area contributed by atoms with Crippen molar-refractivity contribution in [3.05, 3.63) is 0 Å². The molecule has 0 bridgehead atoms. The third kappa shape index (κ3) is 5.30. The molecule has 0 aromatic heterocycles. The highest BCUT2D eigenvalue weighted by Gasteiger charge is 1.99. The van der Waals surface area contributed by atoms with E-state index in [1.165, 1.54) is 6.92 Å². The molecule has 0 heterocycles. The molecule has 0 rings (SSSR count). The number of nitrogens with one attached hydrogen (secondary N) is 1. The minimum atomic E-state index is -0.0347. The maximum absolute atomic E-state index is 10.4. The quantitative estimate of drug-likeness (QED) is 0.576. The Morgan fingerprint density at radius 2 is 2.33 bits per heavy atom.